The topological polar surface area (TPSA) is 92.2 Å². The first-order valence-electron chi connectivity index (χ1n) is 8.45. The molecule has 0 aromatic heterocycles. The van der Waals surface area contributed by atoms with Crippen LogP contribution in [0.5, 0.6) is 11.5 Å². The largest absolute Gasteiger partial charge is 0.506 e. The molecule has 0 amide bonds. The maximum atomic E-state index is 10.6. The van der Waals surface area contributed by atoms with E-state index in [9.17, 15) is 10.2 Å². The number of anilines is 1. The Bertz CT molecular complexity index is 913. The normalized spacial score (nSPS) is 15.9. The van der Waals surface area contributed by atoms with Crippen molar-refractivity contribution in [3.63, 3.8) is 0 Å². The molecular formula is C19H18N4O2. The van der Waals surface area contributed by atoms with E-state index in [2.05, 4.69) is 15.1 Å². The zero-order chi connectivity index (χ0) is 17.4. The molecule has 6 nitrogen and oxygen atoms in total. The fraction of sp³-hybridized carbons (Fsp3) is 0.316. The van der Waals surface area contributed by atoms with Gasteiger partial charge in [-0.05, 0) is 55.5 Å². The molecule has 2 aliphatic rings. The number of nitriles is 1. The van der Waals surface area contributed by atoms with Crippen LogP contribution < -0.4 is 4.90 Å². The highest BCUT2D eigenvalue weighted by Crippen LogP contribution is 2.45. The molecule has 0 saturated heterocycles. The Kier molecular flexibility index (Phi) is 3.77. The van der Waals surface area contributed by atoms with Crippen LogP contribution in [0.4, 0.5) is 17.1 Å². The molecule has 2 heterocycles. The van der Waals surface area contributed by atoms with E-state index in [-0.39, 0.29) is 17.2 Å². The minimum absolute atomic E-state index is 0.0484. The maximum Gasteiger partial charge on any atom is 0.148 e. The first-order valence-corrected chi connectivity index (χ1v) is 8.45. The summed E-state index contributed by atoms with van der Waals surface area (Å²) < 4.78 is 0. The lowest BCUT2D eigenvalue weighted by molar-refractivity contribution is 0.463. The highest BCUT2D eigenvalue weighted by molar-refractivity contribution is 5.74. The van der Waals surface area contributed by atoms with Gasteiger partial charge < -0.3 is 15.1 Å². The van der Waals surface area contributed by atoms with Gasteiger partial charge in [0.25, 0.3) is 0 Å². The fourth-order valence-electron chi connectivity index (χ4n) is 3.68. The van der Waals surface area contributed by atoms with Gasteiger partial charge in [0.15, 0.2) is 0 Å². The van der Waals surface area contributed by atoms with Crippen molar-refractivity contribution in [1.29, 1.82) is 5.26 Å². The van der Waals surface area contributed by atoms with E-state index in [1.807, 2.05) is 12.1 Å². The molecular weight excluding hydrogens is 316 g/mol. The van der Waals surface area contributed by atoms with Crippen molar-refractivity contribution in [2.45, 2.75) is 25.7 Å². The number of aryl methyl sites for hydroxylation is 1. The van der Waals surface area contributed by atoms with Gasteiger partial charge in [-0.25, -0.2) is 0 Å². The third-order valence-electron chi connectivity index (χ3n) is 4.84. The van der Waals surface area contributed by atoms with E-state index in [1.54, 1.807) is 0 Å². The molecule has 0 atom stereocenters. The molecule has 0 saturated carbocycles. The van der Waals surface area contributed by atoms with Crippen molar-refractivity contribution in [2.75, 3.05) is 18.0 Å². The summed E-state index contributed by atoms with van der Waals surface area (Å²) in [5, 5.41) is 37.7. The lowest BCUT2D eigenvalue weighted by Gasteiger charge is -2.37. The maximum absolute atomic E-state index is 10.6. The quantitative estimate of drug-likeness (QED) is 0.809. The number of phenols is 2. The molecule has 2 N–H and O–H groups in total. The molecule has 0 bridgehead atoms. The monoisotopic (exact) mass is 334 g/mol. The molecule has 4 rings (SSSR count). The van der Waals surface area contributed by atoms with Crippen molar-refractivity contribution in [3.05, 3.63) is 41.0 Å². The Hall–Kier alpha value is -3.07. The molecule has 25 heavy (non-hydrogen) atoms. The molecule has 0 fully saturated rings. The smallest absolute Gasteiger partial charge is 0.148 e. The van der Waals surface area contributed by atoms with Gasteiger partial charge in [0.1, 0.15) is 22.9 Å². The van der Waals surface area contributed by atoms with Crippen molar-refractivity contribution < 1.29 is 10.2 Å². The average molecular weight is 334 g/mol. The zero-order valence-corrected chi connectivity index (χ0v) is 13.7. The summed E-state index contributed by atoms with van der Waals surface area (Å²) in [7, 11) is 0. The van der Waals surface area contributed by atoms with Crippen LogP contribution in [0.1, 0.15) is 29.5 Å². The van der Waals surface area contributed by atoms with Crippen LogP contribution >= 0.6 is 0 Å². The van der Waals surface area contributed by atoms with E-state index in [0.29, 0.717) is 11.3 Å². The van der Waals surface area contributed by atoms with Crippen molar-refractivity contribution >= 4 is 17.1 Å². The van der Waals surface area contributed by atoms with Crippen LogP contribution in [-0.2, 0) is 12.8 Å². The predicted octanol–water partition coefficient (Wildman–Crippen LogP) is 4.08. The fourth-order valence-corrected chi connectivity index (χ4v) is 3.68. The third kappa shape index (κ3) is 2.68. The number of azo groups is 1. The van der Waals surface area contributed by atoms with Crippen LogP contribution in [-0.4, -0.2) is 23.3 Å². The lowest BCUT2D eigenvalue weighted by Crippen LogP contribution is -2.34. The Labute approximate surface area is 145 Å². The number of aromatic hydroxyl groups is 2. The summed E-state index contributed by atoms with van der Waals surface area (Å²) in [6.45, 7) is 2.07. The van der Waals surface area contributed by atoms with E-state index >= 15 is 0 Å². The first kappa shape index (κ1) is 15.5. The van der Waals surface area contributed by atoms with Gasteiger partial charge in [0.05, 0.1) is 11.6 Å². The van der Waals surface area contributed by atoms with Gasteiger partial charge in [-0.3, -0.25) is 0 Å². The molecule has 0 aliphatic carbocycles. The zero-order valence-electron chi connectivity index (χ0n) is 13.7. The number of rotatable bonds is 2. The molecule has 2 aromatic rings. The number of hydrogen-bond donors (Lipinski definition) is 2. The minimum Gasteiger partial charge on any atom is -0.506 e. The number of nitrogens with zero attached hydrogens (tertiary/aromatic N) is 4. The Morgan fingerprint density at radius 3 is 2.56 bits per heavy atom. The van der Waals surface area contributed by atoms with Gasteiger partial charge in [-0.1, -0.05) is 0 Å². The summed E-state index contributed by atoms with van der Waals surface area (Å²) in [6.07, 6.45) is 3.92. The summed E-state index contributed by atoms with van der Waals surface area (Å²) in [5.41, 5.74) is 4.34. The van der Waals surface area contributed by atoms with E-state index in [0.717, 1.165) is 44.3 Å². The number of phenolic OH excluding ortho intramolecular Hbond substituents is 2. The predicted molar refractivity (Wildman–Crippen MR) is 94.0 cm³/mol. The molecule has 0 unspecified atom stereocenters. The SMILES string of the molecule is N#Cc1ccc(O)c(N=Nc2cc3c4c(c2O)CCCN4CCC3)c1. The van der Waals surface area contributed by atoms with Crippen molar-refractivity contribution in [2.24, 2.45) is 10.2 Å². The highest BCUT2D eigenvalue weighted by atomic mass is 16.3. The number of benzene rings is 2. The van der Waals surface area contributed by atoms with E-state index in [1.165, 1.54) is 29.4 Å². The van der Waals surface area contributed by atoms with Crippen LogP contribution in [0.15, 0.2) is 34.5 Å². The molecule has 6 heteroatoms. The highest BCUT2D eigenvalue weighted by Gasteiger charge is 2.27. The van der Waals surface area contributed by atoms with Gasteiger partial charge in [-0.2, -0.15) is 5.26 Å². The Balaban J connectivity index is 1.76. The Morgan fingerprint density at radius 2 is 1.76 bits per heavy atom. The average Bonchev–Trinajstić information content (AvgIpc) is 2.64. The minimum atomic E-state index is -0.0484. The summed E-state index contributed by atoms with van der Waals surface area (Å²) in [4.78, 5) is 2.35. The second-order valence-corrected chi connectivity index (χ2v) is 6.44. The van der Waals surface area contributed by atoms with Crippen molar-refractivity contribution in [3.8, 4) is 17.6 Å². The van der Waals surface area contributed by atoms with Crippen molar-refractivity contribution in [1.82, 2.24) is 0 Å². The van der Waals surface area contributed by atoms with Crippen LogP contribution in [0, 0.1) is 11.3 Å². The Morgan fingerprint density at radius 1 is 1.00 bits per heavy atom. The molecule has 2 aromatic carbocycles. The second kappa shape index (κ2) is 6.10. The van der Waals surface area contributed by atoms with Gasteiger partial charge in [0.2, 0.25) is 0 Å². The second-order valence-electron chi connectivity index (χ2n) is 6.44. The van der Waals surface area contributed by atoms with Gasteiger partial charge in [0, 0.05) is 24.3 Å². The van der Waals surface area contributed by atoms with Crippen LogP contribution in [0.3, 0.4) is 0 Å². The van der Waals surface area contributed by atoms with Crippen LogP contribution in [0.25, 0.3) is 0 Å². The summed E-state index contributed by atoms with van der Waals surface area (Å²) in [5.74, 6) is 0.123. The van der Waals surface area contributed by atoms with Gasteiger partial charge >= 0.3 is 0 Å². The third-order valence-corrected chi connectivity index (χ3v) is 4.84. The van der Waals surface area contributed by atoms with E-state index < -0.39 is 0 Å². The molecule has 126 valence electrons. The molecule has 0 spiro atoms. The number of hydrogen-bond acceptors (Lipinski definition) is 6. The van der Waals surface area contributed by atoms with Gasteiger partial charge in [-0.15, -0.1) is 10.2 Å². The standard InChI is InChI=1S/C19H18N4O2/c20-11-12-5-6-17(24)15(9-12)21-22-16-10-13-3-1-7-23-8-2-4-14(18(13)23)19(16)25/h5-6,9-10,24-25H,1-4,7-8H2. The summed E-state index contributed by atoms with van der Waals surface area (Å²) in [6, 6.07) is 8.30. The van der Waals surface area contributed by atoms with Crippen LogP contribution in [0.2, 0.25) is 0 Å². The molecule has 2 aliphatic heterocycles. The summed E-state index contributed by atoms with van der Waals surface area (Å²) >= 11 is 0. The lowest BCUT2D eigenvalue weighted by atomic mass is 9.90. The van der Waals surface area contributed by atoms with E-state index in [4.69, 9.17) is 5.26 Å². The first-order chi connectivity index (χ1) is 12.2. The molecule has 0 radical (unpaired) electrons.